The molecule has 0 rings (SSSR count). The Morgan fingerprint density at radius 1 is 0.909 bits per heavy atom. The van der Waals surface area contributed by atoms with Crippen molar-refractivity contribution in [1.82, 2.24) is 10.6 Å². The van der Waals surface area contributed by atoms with Crippen molar-refractivity contribution in [2.24, 2.45) is 0 Å². The van der Waals surface area contributed by atoms with Crippen molar-refractivity contribution in [3.05, 3.63) is 13.2 Å². The molecular weight excluding hydrogens is 136 g/mol. The minimum absolute atomic E-state index is 1.07. The van der Waals surface area contributed by atoms with Gasteiger partial charge in [0.15, 0.2) is 0 Å². The standard InChI is InChI=1S/C4H11N.C3H9N.C2H4/c1-3-5-4-2;1-3-4-2;1-2/h5H,3-4H2,1-2H3;4H,3H2,1-2H3;1-2H2. The van der Waals surface area contributed by atoms with Crippen molar-refractivity contribution in [3.8, 4) is 0 Å². The summed E-state index contributed by atoms with van der Waals surface area (Å²) in [7, 11) is 1.93. The summed E-state index contributed by atoms with van der Waals surface area (Å²) in [5.41, 5.74) is 0. The molecule has 11 heavy (non-hydrogen) atoms. The van der Waals surface area contributed by atoms with Crippen LogP contribution < -0.4 is 10.6 Å². The molecular formula is C9H24N2. The molecule has 0 aliphatic carbocycles. The molecule has 0 radical (unpaired) electrons. The molecule has 0 atom stereocenters. The monoisotopic (exact) mass is 160 g/mol. The molecule has 0 amide bonds. The van der Waals surface area contributed by atoms with Crippen LogP contribution in [-0.2, 0) is 0 Å². The third kappa shape index (κ3) is 80.1. The molecule has 0 unspecified atom stereocenters. The van der Waals surface area contributed by atoms with E-state index in [1.54, 1.807) is 0 Å². The predicted molar refractivity (Wildman–Crippen MR) is 55.1 cm³/mol. The minimum Gasteiger partial charge on any atom is -0.320 e. The fourth-order valence-corrected chi connectivity index (χ4v) is 0.250. The second-order valence-corrected chi connectivity index (χ2v) is 1.66. The predicted octanol–water partition coefficient (Wildman–Crippen LogP) is 1.64. The molecule has 0 saturated heterocycles. The molecule has 0 aromatic heterocycles. The number of hydrogen-bond donors (Lipinski definition) is 2. The highest BCUT2D eigenvalue weighted by atomic mass is 14.8. The SMILES string of the molecule is C=C.CCNC.CCNCC. The fourth-order valence-electron chi connectivity index (χ4n) is 0.250. The van der Waals surface area contributed by atoms with E-state index in [-0.39, 0.29) is 0 Å². The summed E-state index contributed by atoms with van der Waals surface area (Å²) in [4.78, 5) is 0. The number of hydrogen-bond acceptors (Lipinski definition) is 2. The minimum atomic E-state index is 1.07. The first-order valence-corrected chi connectivity index (χ1v) is 4.18. The van der Waals surface area contributed by atoms with Gasteiger partial charge in [-0.2, -0.15) is 0 Å². The van der Waals surface area contributed by atoms with Gasteiger partial charge in [0, 0.05) is 0 Å². The lowest BCUT2D eigenvalue weighted by atomic mass is 10.7. The van der Waals surface area contributed by atoms with Crippen LogP contribution in [0, 0.1) is 0 Å². The lowest BCUT2D eigenvalue weighted by Gasteiger charge is -1.86. The largest absolute Gasteiger partial charge is 0.320 e. The van der Waals surface area contributed by atoms with Crippen molar-refractivity contribution < 1.29 is 0 Å². The quantitative estimate of drug-likeness (QED) is 0.613. The zero-order chi connectivity index (χ0) is 9.54. The molecule has 0 fully saturated rings. The van der Waals surface area contributed by atoms with Crippen molar-refractivity contribution in [2.45, 2.75) is 20.8 Å². The van der Waals surface area contributed by atoms with Crippen LogP contribution in [0.5, 0.6) is 0 Å². The van der Waals surface area contributed by atoms with Crippen LogP contribution in [0.4, 0.5) is 0 Å². The first-order chi connectivity index (χ1) is 5.33. The average Bonchev–Trinajstić information content (AvgIpc) is 2.10. The molecule has 2 nitrogen and oxygen atoms in total. The van der Waals surface area contributed by atoms with E-state index >= 15 is 0 Å². The highest BCUT2D eigenvalue weighted by Crippen LogP contribution is 1.47. The lowest BCUT2D eigenvalue weighted by Crippen LogP contribution is -2.09. The third-order valence-electron chi connectivity index (χ3n) is 0.854. The summed E-state index contributed by atoms with van der Waals surface area (Å²) in [6, 6.07) is 0. The van der Waals surface area contributed by atoms with Gasteiger partial charge in [0.2, 0.25) is 0 Å². The Hall–Kier alpha value is -0.340. The Morgan fingerprint density at radius 2 is 1.18 bits per heavy atom. The molecule has 0 aliphatic rings. The molecule has 0 heterocycles. The smallest absolute Gasteiger partial charge is 0.00775 e. The van der Waals surface area contributed by atoms with E-state index in [1.165, 1.54) is 0 Å². The maximum atomic E-state index is 3.11. The molecule has 0 spiro atoms. The van der Waals surface area contributed by atoms with E-state index < -0.39 is 0 Å². The summed E-state index contributed by atoms with van der Waals surface area (Å²) >= 11 is 0. The maximum absolute atomic E-state index is 3.11. The Bertz CT molecular complexity index is 34.5. The average molecular weight is 160 g/mol. The highest BCUT2D eigenvalue weighted by Gasteiger charge is 1.62. The van der Waals surface area contributed by atoms with Crippen LogP contribution in [0.2, 0.25) is 0 Å². The van der Waals surface area contributed by atoms with Crippen LogP contribution in [0.25, 0.3) is 0 Å². The molecule has 2 N–H and O–H groups in total. The number of nitrogens with one attached hydrogen (secondary N) is 2. The van der Waals surface area contributed by atoms with Gasteiger partial charge >= 0.3 is 0 Å². The van der Waals surface area contributed by atoms with Crippen LogP contribution in [0.1, 0.15) is 20.8 Å². The molecule has 0 aliphatic heterocycles. The fraction of sp³-hybridized carbons (Fsp3) is 0.778. The van der Waals surface area contributed by atoms with Crippen LogP contribution in [0.3, 0.4) is 0 Å². The summed E-state index contributed by atoms with van der Waals surface area (Å²) in [5.74, 6) is 0. The van der Waals surface area contributed by atoms with Gasteiger partial charge < -0.3 is 10.6 Å². The van der Waals surface area contributed by atoms with Gasteiger partial charge in [-0.25, -0.2) is 0 Å². The van der Waals surface area contributed by atoms with Gasteiger partial charge in [-0.15, -0.1) is 13.2 Å². The van der Waals surface area contributed by atoms with E-state index in [1.807, 2.05) is 7.05 Å². The van der Waals surface area contributed by atoms with Crippen LogP contribution >= 0.6 is 0 Å². The first kappa shape index (κ1) is 17.0. The summed E-state index contributed by atoms with van der Waals surface area (Å²) < 4.78 is 0. The summed E-state index contributed by atoms with van der Waals surface area (Å²) in [6.07, 6.45) is 0. The molecule has 0 saturated carbocycles. The number of rotatable bonds is 3. The van der Waals surface area contributed by atoms with E-state index in [0.29, 0.717) is 0 Å². The molecule has 70 valence electrons. The van der Waals surface area contributed by atoms with E-state index in [2.05, 4.69) is 44.6 Å². The first-order valence-electron chi connectivity index (χ1n) is 4.18. The Morgan fingerprint density at radius 3 is 1.18 bits per heavy atom. The zero-order valence-corrected chi connectivity index (χ0v) is 8.54. The Labute approximate surface area is 72.1 Å². The van der Waals surface area contributed by atoms with E-state index in [9.17, 15) is 0 Å². The summed E-state index contributed by atoms with van der Waals surface area (Å²) in [6.45, 7) is 15.5. The molecule has 0 bridgehead atoms. The van der Waals surface area contributed by atoms with Gasteiger partial charge in [0.25, 0.3) is 0 Å². The van der Waals surface area contributed by atoms with Crippen molar-refractivity contribution in [1.29, 1.82) is 0 Å². The normalized spacial score (nSPS) is 6.91. The van der Waals surface area contributed by atoms with Crippen LogP contribution in [0.15, 0.2) is 13.2 Å². The topological polar surface area (TPSA) is 24.1 Å². The summed E-state index contributed by atoms with van der Waals surface area (Å²) in [5, 5.41) is 6.04. The van der Waals surface area contributed by atoms with Crippen molar-refractivity contribution >= 4 is 0 Å². The molecule has 2 heteroatoms. The third-order valence-corrected chi connectivity index (χ3v) is 0.854. The Balaban J connectivity index is -0.0000000965. The zero-order valence-electron chi connectivity index (χ0n) is 8.54. The second-order valence-electron chi connectivity index (χ2n) is 1.66. The van der Waals surface area contributed by atoms with Gasteiger partial charge in [-0.3, -0.25) is 0 Å². The van der Waals surface area contributed by atoms with Gasteiger partial charge in [0.1, 0.15) is 0 Å². The van der Waals surface area contributed by atoms with E-state index in [0.717, 1.165) is 19.6 Å². The van der Waals surface area contributed by atoms with Gasteiger partial charge in [-0.05, 0) is 26.7 Å². The van der Waals surface area contributed by atoms with Crippen LogP contribution in [-0.4, -0.2) is 26.7 Å². The molecule has 0 aromatic rings. The van der Waals surface area contributed by atoms with Gasteiger partial charge in [-0.1, -0.05) is 20.8 Å². The second kappa shape index (κ2) is 33.4. The Kier molecular flexibility index (Phi) is 51.4. The molecule has 0 aromatic carbocycles. The highest BCUT2D eigenvalue weighted by molar-refractivity contribution is 4.27. The van der Waals surface area contributed by atoms with Crippen molar-refractivity contribution in [3.63, 3.8) is 0 Å². The van der Waals surface area contributed by atoms with Gasteiger partial charge in [0.05, 0.1) is 0 Å². The van der Waals surface area contributed by atoms with E-state index in [4.69, 9.17) is 0 Å². The van der Waals surface area contributed by atoms with Crippen molar-refractivity contribution in [2.75, 3.05) is 26.7 Å². The maximum Gasteiger partial charge on any atom is -0.00775 e. The lowest BCUT2D eigenvalue weighted by molar-refractivity contribution is 0.762.